The number of carbonyl (C=O) groups is 1. The number of rotatable bonds is 1. The van der Waals surface area contributed by atoms with E-state index in [0.717, 1.165) is 21.7 Å². The zero-order valence-electron chi connectivity index (χ0n) is 6.04. The van der Waals surface area contributed by atoms with Crippen LogP contribution in [-0.4, -0.2) is 16.5 Å². The smallest absolute Gasteiger partial charge is 0.150 e. The molecule has 0 bridgehead atoms. The fourth-order valence-corrected chi connectivity index (χ4v) is 1.68. The number of hydrogen-bond acceptors (Lipinski definition) is 2. The summed E-state index contributed by atoms with van der Waals surface area (Å²) in [5, 5.41) is 7.65. The molecular weight excluding hydrogens is 220 g/mol. The van der Waals surface area contributed by atoms with Gasteiger partial charge in [0.15, 0.2) is 0 Å². The molecule has 0 fully saturated rings. The molecule has 0 atom stereocenters. The van der Waals surface area contributed by atoms with Crippen molar-refractivity contribution in [1.29, 1.82) is 0 Å². The first-order valence-electron chi connectivity index (χ1n) is 3.39. The molecule has 1 N–H and O–H groups in total. The number of nitrogens with zero attached hydrogens (tertiary/aromatic N) is 1. The van der Waals surface area contributed by atoms with E-state index in [2.05, 4.69) is 26.1 Å². The summed E-state index contributed by atoms with van der Waals surface area (Å²) in [4.78, 5) is 10.5. The second-order valence-electron chi connectivity index (χ2n) is 2.45. The predicted molar refractivity (Wildman–Crippen MR) is 49.2 cm³/mol. The Labute approximate surface area is 76.9 Å². The van der Waals surface area contributed by atoms with Crippen molar-refractivity contribution >= 4 is 33.1 Å². The van der Waals surface area contributed by atoms with Crippen LogP contribution in [0.25, 0.3) is 10.9 Å². The van der Waals surface area contributed by atoms with Gasteiger partial charge in [0.25, 0.3) is 0 Å². The third kappa shape index (κ3) is 1.04. The SMILES string of the molecule is O=Cc1cc(Br)c2cn[nH]c2c1. The number of halogens is 1. The quantitative estimate of drug-likeness (QED) is 0.755. The minimum absolute atomic E-state index is 0.638. The van der Waals surface area contributed by atoms with Gasteiger partial charge in [-0.3, -0.25) is 9.89 Å². The van der Waals surface area contributed by atoms with E-state index < -0.39 is 0 Å². The molecule has 1 heterocycles. The lowest BCUT2D eigenvalue weighted by molar-refractivity contribution is 0.112. The standard InChI is InChI=1S/C8H5BrN2O/c9-7-1-5(4-12)2-8-6(7)3-10-11-8/h1-4H,(H,10,11). The number of aldehydes is 1. The molecule has 0 spiro atoms. The van der Waals surface area contributed by atoms with Gasteiger partial charge in [0.1, 0.15) is 6.29 Å². The fourth-order valence-electron chi connectivity index (χ4n) is 1.10. The summed E-state index contributed by atoms with van der Waals surface area (Å²) in [6, 6.07) is 3.53. The van der Waals surface area contributed by atoms with Crippen molar-refractivity contribution in [2.45, 2.75) is 0 Å². The predicted octanol–water partition coefficient (Wildman–Crippen LogP) is 2.14. The van der Waals surface area contributed by atoms with E-state index in [1.165, 1.54) is 0 Å². The molecule has 2 aromatic rings. The van der Waals surface area contributed by atoms with Crippen molar-refractivity contribution in [2.75, 3.05) is 0 Å². The number of aromatic amines is 1. The van der Waals surface area contributed by atoms with E-state index in [0.29, 0.717) is 5.56 Å². The van der Waals surface area contributed by atoms with Crippen molar-refractivity contribution in [3.63, 3.8) is 0 Å². The van der Waals surface area contributed by atoms with Gasteiger partial charge in [-0.05, 0) is 12.1 Å². The van der Waals surface area contributed by atoms with E-state index in [1.807, 2.05) is 0 Å². The largest absolute Gasteiger partial charge is 0.298 e. The number of hydrogen-bond donors (Lipinski definition) is 1. The van der Waals surface area contributed by atoms with Crippen LogP contribution < -0.4 is 0 Å². The number of benzene rings is 1. The molecular formula is C8H5BrN2O. The lowest BCUT2D eigenvalue weighted by Crippen LogP contribution is -1.80. The molecule has 0 aliphatic heterocycles. The van der Waals surface area contributed by atoms with Crippen LogP contribution in [0.15, 0.2) is 22.8 Å². The van der Waals surface area contributed by atoms with Crippen molar-refractivity contribution in [2.24, 2.45) is 0 Å². The highest BCUT2D eigenvalue weighted by molar-refractivity contribution is 9.10. The highest BCUT2D eigenvalue weighted by Gasteiger charge is 2.02. The van der Waals surface area contributed by atoms with Gasteiger partial charge in [0, 0.05) is 15.4 Å². The molecule has 0 aliphatic rings. The van der Waals surface area contributed by atoms with Gasteiger partial charge < -0.3 is 0 Å². The van der Waals surface area contributed by atoms with Gasteiger partial charge in [-0.2, -0.15) is 5.10 Å². The summed E-state index contributed by atoms with van der Waals surface area (Å²) in [7, 11) is 0. The Hall–Kier alpha value is -1.16. The molecule has 0 unspecified atom stereocenters. The highest BCUT2D eigenvalue weighted by atomic mass is 79.9. The Morgan fingerprint density at radius 1 is 1.50 bits per heavy atom. The first kappa shape index (κ1) is 7.49. The summed E-state index contributed by atoms with van der Waals surface area (Å²) in [6.07, 6.45) is 2.53. The van der Waals surface area contributed by atoms with Crippen LogP contribution in [0.1, 0.15) is 10.4 Å². The number of nitrogens with one attached hydrogen (secondary N) is 1. The normalized spacial score (nSPS) is 10.4. The van der Waals surface area contributed by atoms with Gasteiger partial charge in [0.05, 0.1) is 11.7 Å². The van der Waals surface area contributed by atoms with Crippen LogP contribution in [0, 0.1) is 0 Å². The Morgan fingerprint density at radius 3 is 3.08 bits per heavy atom. The van der Waals surface area contributed by atoms with Crippen molar-refractivity contribution in [1.82, 2.24) is 10.2 Å². The summed E-state index contributed by atoms with van der Waals surface area (Å²) in [5.41, 5.74) is 1.50. The molecule has 4 heteroatoms. The maximum absolute atomic E-state index is 10.5. The van der Waals surface area contributed by atoms with Crippen LogP contribution in [0.4, 0.5) is 0 Å². The summed E-state index contributed by atoms with van der Waals surface area (Å²) >= 11 is 3.35. The molecule has 0 saturated heterocycles. The van der Waals surface area contributed by atoms with Crippen molar-refractivity contribution in [3.05, 3.63) is 28.4 Å². The minimum Gasteiger partial charge on any atom is -0.298 e. The van der Waals surface area contributed by atoms with E-state index in [9.17, 15) is 4.79 Å². The van der Waals surface area contributed by atoms with Crippen LogP contribution in [-0.2, 0) is 0 Å². The first-order valence-corrected chi connectivity index (χ1v) is 4.18. The lowest BCUT2D eigenvalue weighted by atomic mass is 10.2. The van der Waals surface area contributed by atoms with Gasteiger partial charge in [0.2, 0.25) is 0 Å². The molecule has 60 valence electrons. The Balaban J connectivity index is 2.83. The zero-order valence-corrected chi connectivity index (χ0v) is 7.63. The fraction of sp³-hybridized carbons (Fsp3) is 0. The third-order valence-electron chi connectivity index (χ3n) is 1.67. The van der Waals surface area contributed by atoms with Crippen LogP contribution in [0.3, 0.4) is 0 Å². The molecule has 2 rings (SSSR count). The third-order valence-corrected chi connectivity index (χ3v) is 2.32. The maximum atomic E-state index is 10.5. The molecule has 12 heavy (non-hydrogen) atoms. The molecule has 1 aromatic carbocycles. The van der Waals surface area contributed by atoms with Crippen LogP contribution >= 0.6 is 15.9 Å². The van der Waals surface area contributed by atoms with Gasteiger partial charge in [-0.15, -0.1) is 0 Å². The zero-order chi connectivity index (χ0) is 8.55. The summed E-state index contributed by atoms with van der Waals surface area (Å²) < 4.78 is 0.885. The van der Waals surface area contributed by atoms with Crippen LogP contribution in [0.5, 0.6) is 0 Å². The second kappa shape index (κ2) is 2.71. The van der Waals surface area contributed by atoms with E-state index in [1.54, 1.807) is 18.3 Å². The summed E-state index contributed by atoms with van der Waals surface area (Å²) in [6.45, 7) is 0. The molecule has 0 amide bonds. The first-order chi connectivity index (χ1) is 5.81. The van der Waals surface area contributed by atoms with E-state index >= 15 is 0 Å². The maximum Gasteiger partial charge on any atom is 0.150 e. The topological polar surface area (TPSA) is 45.8 Å². The molecule has 0 aliphatic carbocycles. The Kier molecular flexibility index (Phi) is 1.69. The minimum atomic E-state index is 0.638. The Bertz CT molecular complexity index is 436. The van der Waals surface area contributed by atoms with Crippen LogP contribution in [0.2, 0.25) is 0 Å². The van der Waals surface area contributed by atoms with E-state index in [4.69, 9.17) is 0 Å². The average molecular weight is 225 g/mol. The molecule has 1 aromatic heterocycles. The average Bonchev–Trinajstić information content (AvgIpc) is 2.52. The second-order valence-corrected chi connectivity index (χ2v) is 3.31. The number of carbonyl (C=O) groups excluding carboxylic acids is 1. The van der Waals surface area contributed by atoms with E-state index in [-0.39, 0.29) is 0 Å². The lowest BCUT2D eigenvalue weighted by Gasteiger charge is -1.94. The molecule has 0 radical (unpaired) electrons. The molecule has 0 saturated carbocycles. The number of aromatic nitrogens is 2. The van der Waals surface area contributed by atoms with Gasteiger partial charge in [-0.25, -0.2) is 0 Å². The van der Waals surface area contributed by atoms with Gasteiger partial charge >= 0.3 is 0 Å². The van der Waals surface area contributed by atoms with Crippen molar-refractivity contribution in [3.8, 4) is 0 Å². The summed E-state index contributed by atoms with van der Waals surface area (Å²) in [5.74, 6) is 0. The monoisotopic (exact) mass is 224 g/mol. The van der Waals surface area contributed by atoms with Gasteiger partial charge in [-0.1, -0.05) is 15.9 Å². The molecule has 3 nitrogen and oxygen atoms in total. The number of H-pyrrole nitrogens is 1. The Morgan fingerprint density at radius 2 is 2.33 bits per heavy atom. The number of fused-ring (bicyclic) bond motifs is 1. The highest BCUT2D eigenvalue weighted by Crippen LogP contribution is 2.23. The van der Waals surface area contributed by atoms with Crippen molar-refractivity contribution < 1.29 is 4.79 Å².